The number of aliphatic hydroxyl groups excluding tert-OH is 2. The number of benzene rings is 1. The molecule has 0 bridgehead atoms. The summed E-state index contributed by atoms with van der Waals surface area (Å²) in [5.41, 5.74) is 2.46. The molecule has 2 unspecified atom stereocenters. The molecule has 1 aliphatic heterocycles. The van der Waals surface area contributed by atoms with E-state index in [9.17, 15) is 28.2 Å². The lowest BCUT2D eigenvalue weighted by atomic mass is 9.81. The molecule has 43 heavy (non-hydrogen) atoms. The van der Waals surface area contributed by atoms with Crippen molar-refractivity contribution in [1.29, 1.82) is 0 Å². The summed E-state index contributed by atoms with van der Waals surface area (Å²) in [5.74, 6) is -0.898. The molecular formula is C31H48N4O7S. The number of amides is 2. The van der Waals surface area contributed by atoms with Gasteiger partial charge in [0.1, 0.15) is 12.1 Å². The number of morpholine rings is 1. The van der Waals surface area contributed by atoms with Gasteiger partial charge in [-0.25, -0.2) is 0 Å². The maximum Gasteiger partial charge on any atom is 0.280 e. The van der Waals surface area contributed by atoms with E-state index in [-0.39, 0.29) is 44.6 Å². The number of carbonyl (C=O) groups excluding carboxylic acids is 2. The quantitative estimate of drug-likeness (QED) is 0.176. The van der Waals surface area contributed by atoms with Crippen LogP contribution in [-0.4, -0.2) is 91.9 Å². The highest BCUT2D eigenvalue weighted by atomic mass is 32.2. The van der Waals surface area contributed by atoms with Gasteiger partial charge in [0.15, 0.2) is 0 Å². The summed E-state index contributed by atoms with van der Waals surface area (Å²) < 4.78 is 33.7. The molecule has 0 saturated carbocycles. The zero-order chi connectivity index (χ0) is 31.4. The standard InChI is InChI=1S/C31H48N4O7S/c1-4-8-26(33-29(37)21-32-43(40,41)35-15-17-42-18-16-35)31(39)34-27(30(38)28(36)19-22(2)3)20-23-11-13-25(14-12-23)24-9-6-5-7-10-24/h4-7,9-10,13,22-23,26-28,30,32,36,38H,1,8,11-12,14-21H2,2-3H3,(H,33,37)(H,34,39)/t23?,26?,27-,28-,30+/m1/s1. The van der Waals surface area contributed by atoms with Crippen molar-refractivity contribution in [3.63, 3.8) is 0 Å². The maximum atomic E-state index is 13.4. The van der Waals surface area contributed by atoms with E-state index in [2.05, 4.69) is 40.1 Å². The van der Waals surface area contributed by atoms with Crippen LogP contribution in [0.5, 0.6) is 0 Å². The highest BCUT2D eigenvalue weighted by Crippen LogP contribution is 2.33. The molecule has 240 valence electrons. The zero-order valence-electron chi connectivity index (χ0n) is 25.3. The van der Waals surface area contributed by atoms with Crippen molar-refractivity contribution in [1.82, 2.24) is 19.7 Å². The maximum absolute atomic E-state index is 13.4. The fourth-order valence-corrected chi connectivity index (χ4v) is 6.64. The molecule has 1 fully saturated rings. The lowest BCUT2D eigenvalue weighted by Gasteiger charge is -2.33. The first kappa shape index (κ1) is 34.9. The van der Waals surface area contributed by atoms with E-state index < -0.39 is 52.9 Å². The second-order valence-electron chi connectivity index (χ2n) is 11.8. The Labute approximate surface area is 255 Å². The lowest BCUT2D eigenvalue weighted by Crippen LogP contribution is -2.56. The van der Waals surface area contributed by atoms with Crippen LogP contribution in [0.1, 0.15) is 57.9 Å². The van der Waals surface area contributed by atoms with Gasteiger partial charge in [0.2, 0.25) is 11.8 Å². The molecule has 2 amide bonds. The molecule has 1 aliphatic carbocycles. The largest absolute Gasteiger partial charge is 0.390 e. The average molecular weight is 621 g/mol. The number of aliphatic hydroxyl groups is 2. The summed E-state index contributed by atoms with van der Waals surface area (Å²) in [6.07, 6.45) is 4.89. The molecule has 11 nitrogen and oxygen atoms in total. The predicted octanol–water partition coefficient (Wildman–Crippen LogP) is 1.74. The molecule has 2 aliphatic rings. The minimum Gasteiger partial charge on any atom is -0.390 e. The Morgan fingerprint density at radius 3 is 2.44 bits per heavy atom. The van der Waals surface area contributed by atoms with Crippen LogP contribution < -0.4 is 15.4 Å². The van der Waals surface area contributed by atoms with Crippen LogP contribution in [0.15, 0.2) is 49.1 Å². The molecule has 0 spiro atoms. The fraction of sp³-hybridized carbons (Fsp3) is 0.613. The second-order valence-corrected chi connectivity index (χ2v) is 13.5. The molecule has 0 radical (unpaired) electrons. The van der Waals surface area contributed by atoms with Crippen molar-refractivity contribution < 1.29 is 33.0 Å². The van der Waals surface area contributed by atoms with Gasteiger partial charge in [0.25, 0.3) is 10.2 Å². The first-order valence-corrected chi connectivity index (χ1v) is 16.6. The number of allylic oxidation sites excluding steroid dienone is 2. The van der Waals surface area contributed by atoms with Gasteiger partial charge >= 0.3 is 0 Å². The monoisotopic (exact) mass is 620 g/mol. The Morgan fingerprint density at radius 2 is 1.84 bits per heavy atom. The Kier molecular flexibility index (Phi) is 13.8. The molecule has 1 aromatic rings. The Balaban J connectivity index is 1.64. The van der Waals surface area contributed by atoms with Gasteiger partial charge in [-0.1, -0.05) is 56.3 Å². The van der Waals surface area contributed by atoms with E-state index in [1.807, 2.05) is 32.0 Å². The Hall–Kier alpha value is -2.61. The number of rotatable bonds is 16. The van der Waals surface area contributed by atoms with E-state index in [0.29, 0.717) is 12.8 Å². The molecule has 5 atom stereocenters. The number of carbonyl (C=O) groups is 2. The smallest absolute Gasteiger partial charge is 0.280 e. The fourth-order valence-electron chi connectivity index (χ4n) is 5.51. The van der Waals surface area contributed by atoms with Gasteiger partial charge in [-0.15, -0.1) is 6.58 Å². The lowest BCUT2D eigenvalue weighted by molar-refractivity contribution is -0.130. The highest BCUT2D eigenvalue weighted by molar-refractivity contribution is 7.87. The van der Waals surface area contributed by atoms with Gasteiger partial charge in [-0.2, -0.15) is 17.4 Å². The molecule has 1 aromatic carbocycles. The van der Waals surface area contributed by atoms with Crippen molar-refractivity contribution >= 4 is 27.6 Å². The van der Waals surface area contributed by atoms with Crippen molar-refractivity contribution in [2.24, 2.45) is 11.8 Å². The number of hydrogen-bond donors (Lipinski definition) is 5. The summed E-state index contributed by atoms with van der Waals surface area (Å²) in [5, 5.41) is 27.4. The summed E-state index contributed by atoms with van der Waals surface area (Å²) in [6, 6.07) is 8.40. The van der Waals surface area contributed by atoms with Crippen LogP contribution in [0, 0.1) is 11.8 Å². The molecule has 12 heteroatoms. The third kappa shape index (κ3) is 11.1. The Bertz CT molecular complexity index is 1190. The first-order valence-electron chi connectivity index (χ1n) is 15.1. The number of hydrogen-bond acceptors (Lipinski definition) is 7. The second kappa shape index (κ2) is 17.0. The van der Waals surface area contributed by atoms with Crippen LogP contribution in [0.3, 0.4) is 0 Å². The van der Waals surface area contributed by atoms with Crippen LogP contribution >= 0.6 is 0 Å². The van der Waals surface area contributed by atoms with Gasteiger partial charge in [-0.05, 0) is 61.5 Å². The summed E-state index contributed by atoms with van der Waals surface area (Å²) >= 11 is 0. The van der Waals surface area contributed by atoms with Crippen molar-refractivity contribution in [2.75, 3.05) is 32.8 Å². The SMILES string of the molecule is C=CCC(NC(=O)CNS(=O)(=O)N1CCOCC1)C(=O)N[C@H](CC1CC=C(c2ccccc2)CC1)[C@H](O)[C@H](O)CC(C)C. The van der Waals surface area contributed by atoms with Gasteiger partial charge in [0, 0.05) is 13.1 Å². The number of ether oxygens (including phenoxy) is 1. The van der Waals surface area contributed by atoms with Crippen LogP contribution in [0.2, 0.25) is 0 Å². The normalized spacial score (nSPS) is 20.9. The van der Waals surface area contributed by atoms with Gasteiger partial charge < -0.3 is 25.6 Å². The van der Waals surface area contributed by atoms with Crippen LogP contribution in [-0.2, 0) is 24.5 Å². The third-order valence-corrected chi connectivity index (χ3v) is 9.43. The molecular weight excluding hydrogens is 572 g/mol. The summed E-state index contributed by atoms with van der Waals surface area (Å²) in [4.78, 5) is 26.1. The van der Waals surface area contributed by atoms with Gasteiger partial charge in [-0.3, -0.25) is 9.59 Å². The van der Waals surface area contributed by atoms with Gasteiger partial charge in [0.05, 0.1) is 31.9 Å². The molecule has 5 N–H and O–H groups in total. The first-order chi connectivity index (χ1) is 20.5. The zero-order valence-corrected chi connectivity index (χ0v) is 26.1. The number of nitrogens with zero attached hydrogens (tertiary/aromatic N) is 1. The Morgan fingerprint density at radius 1 is 1.14 bits per heavy atom. The summed E-state index contributed by atoms with van der Waals surface area (Å²) in [6.45, 7) is 7.97. The minimum absolute atomic E-state index is 0.0950. The molecule has 3 rings (SSSR count). The van der Waals surface area contributed by atoms with Crippen molar-refractivity contribution in [3.05, 3.63) is 54.6 Å². The molecule has 0 aromatic heterocycles. The van der Waals surface area contributed by atoms with Crippen molar-refractivity contribution in [3.8, 4) is 0 Å². The van der Waals surface area contributed by atoms with E-state index in [4.69, 9.17) is 4.74 Å². The van der Waals surface area contributed by atoms with Crippen molar-refractivity contribution in [2.45, 2.75) is 76.7 Å². The predicted molar refractivity (Wildman–Crippen MR) is 166 cm³/mol. The summed E-state index contributed by atoms with van der Waals surface area (Å²) in [7, 11) is -3.88. The average Bonchev–Trinajstić information content (AvgIpc) is 3.00. The van der Waals surface area contributed by atoms with E-state index in [1.54, 1.807) is 0 Å². The molecule has 1 saturated heterocycles. The van der Waals surface area contributed by atoms with Crippen LogP contribution in [0.25, 0.3) is 5.57 Å². The van der Waals surface area contributed by atoms with E-state index >= 15 is 0 Å². The minimum atomic E-state index is -3.88. The highest BCUT2D eigenvalue weighted by Gasteiger charge is 2.33. The molecule has 1 heterocycles. The van der Waals surface area contributed by atoms with Crippen LogP contribution in [0.4, 0.5) is 0 Å². The topological polar surface area (TPSA) is 157 Å². The number of nitrogens with one attached hydrogen (secondary N) is 3. The van der Waals surface area contributed by atoms with E-state index in [0.717, 1.165) is 19.3 Å². The third-order valence-electron chi connectivity index (χ3n) is 7.88. The van der Waals surface area contributed by atoms with E-state index in [1.165, 1.54) is 21.5 Å².